The molecular formula is C13H19N5. The van der Waals surface area contributed by atoms with Crippen LogP contribution in [-0.2, 0) is 6.54 Å². The molecule has 0 aliphatic rings. The molecule has 0 saturated carbocycles. The number of hydrogen-bond acceptors (Lipinski definition) is 4. The van der Waals surface area contributed by atoms with Crippen molar-refractivity contribution in [1.82, 2.24) is 25.3 Å². The maximum atomic E-state index is 4.18. The summed E-state index contributed by atoms with van der Waals surface area (Å²) in [6.07, 6.45) is 5.40. The van der Waals surface area contributed by atoms with Gasteiger partial charge in [0.1, 0.15) is 0 Å². The molecule has 0 aliphatic carbocycles. The fraction of sp³-hybridized carbons (Fsp3) is 0.462. The molecule has 0 amide bonds. The number of pyridine rings is 1. The number of nitrogens with one attached hydrogen (secondary N) is 1. The molecule has 0 fully saturated rings. The zero-order valence-corrected chi connectivity index (χ0v) is 11.3. The average Bonchev–Trinajstić information content (AvgIpc) is 2.73. The van der Waals surface area contributed by atoms with Gasteiger partial charge in [-0.15, -0.1) is 5.10 Å². The van der Waals surface area contributed by atoms with Crippen molar-refractivity contribution in [3.05, 3.63) is 35.9 Å². The summed E-state index contributed by atoms with van der Waals surface area (Å²) in [5, 5.41) is 11.5. The fourth-order valence-electron chi connectivity index (χ4n) is 1.60. The van der Waals surface area contributed by atoms with Gasteiger partial charge in [-0.1, -0.05) is 5.21 Å². The van der Waals surface area contributed by atoms with Crippen molar-refractivity contribution >= 4 is 0 Å². The first-order valence-electron chi connectivity index (χ1n) is 6.02. The van der Waals surface area contributed by atoms with Crippen molar-refractivity contribution in [3.8, 4) is 5.69 Å². The lowest BCUT2D eigenvalue weighted by molar-refractivity contribution is 0.418. The summed E-state index contributed by atoms with van der Waals surface area (Å²) < 4.78 is 1.82. The van der Waals surface area contributed by atoms with Gasteiger partial charge >= 0.3 is 0 Å². The van der Waals surface area contributed by atoms with Gasteiger partial charge in [0.25, 0.3) is 0 Å². The first kappa shape index (κ1) is 12.7. The van der Waals surface area contributed by atoms with Gasteiger partial charge in [0, 0.05) is 18.3 Å². The van der Waals surface area contributed by atoms with Gasteiger partial charge in [0.15, 0.2) is 0 Å². The van der Waals surface area contributed by atoms with Crippen LogP contribution in [0, 0.1) is 6.92 Å². The molecule has 2 heterocycles. The predicted octanol–water partition coefficient (Wildman–Crippen LogP) is 1.86. The first-order valence-corrected chi connectivity index (χ1v) is 6.02. The lowest BCUT2D eigenvalue weighted by atomic mass is 10.1. The Morgan fingerprint density at radius 2 is 2.00 bits per heavy atom. The van der Waals surface area contributed by atoms with E-state index in [4.69, 9.17) is 0 Å². The Bertz CT molecular complexity index is 524. The highest BCUT2D eigenvalue weighted by molar-refractivity contribution is 5.31. The SMILES string of the molecule is Cc1cncc(-n2nncc2CNC(C)(C)C)c1. The van der Waals surface area contributed by atoms with Crippen molar-refractivity contribution in [2.75, 3.05) is 0 Å². The molecule has 0 unspecified atom stereocenters. The molecule has 0 aliphatic heterocycles. The minimum atomic E-state index is 0.0694. The highest BCUT2D eigenvalue weighted by Crippen LogP contribution is 2.10. The van der Waals surface area contributed by atoms with Gasteiger partial charge < -0.3 is 5.32 Å². The van der Waals surface area contributed by atoms with E-state index >= 15 is 0 Å². The highest BCUT2D eigenvalue weighted by Gasteiger charge is 2.12. The Morgan fingerprint density at radius 3 is 2.67 bits per heavy atom. The second-order valence-corrected chi connectivity index (χ2v) is 5.46. The largest absolute Gasteiger partial charge is 0.306 e. The van der Waals surface area contributed by atoms with Crippen LogP contribution in [0.2, 0.25) is 0 Å². The number of aromatic nitrogens is 4. The van der Waals surface area contributed by atoms with E-state index in [1.807, 2.05) is 23.9 Å². The third-order valence-electron chi connectivity index (χ3n) is 2.52. The summed E-state index contributed by atoms with van der Waals surface area (Å²) in [5.41, 5.74) is 3.15. The van der Waals surface area contributed by atoms with E-state index in [0.29, 0.717) is 0 Å². The van der Waals surface area contributed by atoms with Crippen LogP contribution in [0.15, 0.2) is 24.7 Å². The third kappa shape index (κ3) is 3.13. The van der Waals surface area contributed by atoms with Gasteiger partial charge in [-0.3, -0.25) is 4.98 Å². The number of rotatable bonds is 3. The van der Waals surface area contributed by atoms with Crippen LogP contribution in [0.1, 0.15) is 32.0 Å². The molecule has 0 saturated heterocycles. The molecule has 1 N–H and O–H groups in total. The summed E-state index contributed by atoms with van der Waals surface area (Å²) in [6.45, 7) is 9.14. The Morgan fingerprint density at radius 1 is 1.22 bits per heavy atom. The minimum Gasteiger partial charge on any atom is -0.306 e. The molecule has 0 bridgehead atoms. The van der Waals surface area contributed by atoms with Crippen LogP contribution in [-0.4, -0.2) is 25.5 Å². The molecule has 5 heteroatoms. The molecule has 2 aromatic rings. The fourth-order valence-corrected chi connectivity index (χ4v) is 1.60. The zero-order valence-electron chi connectivity index (χ0n) is 11.3. The zero-order chi connectivity index (χ0) is 13.2. The molecule has 5 nitrogen and oxygen atoms in total. The molecule has 18 heavy (non-hydrogen) atoms. The van der Waals surface area contributed by atoms with Crippen molar-refractivity contribution in [2.24, 2.45) is 0 Å². The summed E-state index contributed by atoms with van der Waals surface area (Å²) in [7, 11) is 0. The van der Waals surface area contributed by atoms with Crippen LogP contribution >= 0.6 is 0 Å². The summed E-state index contributed by atoms with van der Waals surface area (Å²) in [6, 6.07) is 2.04. The van der Waals surface area contributed by atoms with E-state index in [2.05, 4.69) is 41.4 Å². The third-order valence-corrected chi connectivity index (χ3v) is 2.52. The van der Waals surface area contributed by atoms with Crippen LogP contribution in [0.4, 0.5) is 0 Å². The van der Waals surface area contributed by atoms with Gasteiger partial charge in [0.05, 0.1) is 23.8 Å². The van der Waals surface area contributed by atoms with Crippen molar-refractivity contribution < 1.29 is 0 Å². The van der Waals surface area contributed by atoms with Gasteiger partial charge in [-0.2, -0.15) is 0 Å². The summed E-state index contributed by atoms with van der Waals surface area (Å²) >= 11 is 0. The standard InChI is InChI=1S/C13H19N5/c1-10-5-11(7-14-6-10)18-12(9-16-17-18)8-15-13(2,3)4/h5-7,9,15H,8H2,1-4H3. The number of hydrogen-bond donors (Lipinski definition) is 1. The summed E-state index contributed by atoms with van der Waals surface area (Å²) in [4.78, 5) is 4.18. The van der Waals surface area contributed by atoms with E-state index in [-0.39, 0.29) is 5.54 Å². The highest BCUT2D eigenvalue weighted by atomic mass is 15.4. The van der Waals surface area contributed by atoms with E-state index in [9.17, 15) is 0 Å². The minimum absolute atomic E-state index is 0.0694. The molecule has 2 rings (SSSR count). The van der Waals surface area contributed by atoms with Crippen molar-refractivity contribution in [3.63, 3.8) is 0 Å². The normalized spacial score (nSPS) is 11.8. The Kier molecular flexibility index (Phi) is 3.43. The van der Waals surface area contributed by atoms with E-state index in [1.54, 1.807) is 12.4 Å². The van der Waals surface area contributed by atoms with Crippen molar-refractivity contribution in [1.29, 1.82) is 0 Å². The lowest BCUT2D eigenvalue weighted by Crippen LogP contribution is -2.35. The van der Waals surface area contributed by atoms with Crippen LogP contribution < -0.4 is 5.32 Å². The molecule has 2 aromatic heterocycles. The molecular weight excluding hydrogens is 226 g/mol. The topological polar surface area (TPSA) is 55.6 Å². The predicted molar refractivity (Wildman–Crippen MR) is 70.5 cm³/mol. The maximum absolute atomic E-state index is 4.18. The number of nitrogens with zero attached hydrogens (tertiary/aromatic N) is 4. The Balaban J connectivity index is 2.23. The number of aryl methyl sites for hydroxylation is 1. The molecule has 0 aromatic carbocycles. The maximum Gasteiger partial charge on any atom is 0.0853 e. The van der Waals surface area contributed by atoms with Gasteiger partial charge in [-0.25, -0.2) is 4.68 Å². The lowest BCUT2D eigenvalue weighted by Gasteiger charge is -2.20. The van der Waals surface area contributed by atoms with Crippen LogP contribution in [0.3, 0.4) is 0 Å². The molecule has 0 spiro atoms. The van der Waals surface area contributed by atoms with Crippen LogP contribution in [0.5, 0.6) is 0 Å². The monoisotopic (exact) mass is 245 g/mol. The second kappa shape index (κ2) is 4.86. The molecule has 0 radical (unpaired) electrons. The Labute approximate surface area is 107 Å². The van der Waals surface area contributed by atoms with Crippen molar-refractivity contribution in [2.45, 2.75) is 39.8 Å². The first-order chi connectivity index (χ1) is 8.46. The van der Waals surface area contributed by atoms with Gasteiger partial charge in [-0.05, 0) is 39.3 Å². The molecule has 96 valence electrons. The van der Waals surface area contributed by atoms with Gasteiger partial charge in [0.2, 0.25) is 0 Å². The van der Waals surface area contributed by atoms with Crippen LogP contribution in [0.25, 0.3) is 5.69 Å². The smallest absolute Gasteiger partial charge is 0.0853 e. The average molecular weight is 245 g/mol. The van der Waals surface area contributed by atoms with E-state index in [0.717, 1.165) is 23.5 Å². The second-order valence-electron chi connectivity index (χ2n) is 5.46. The Hall–Kier alpha value is -1.75. The van der Waals surface area contributed by atoms with E-state index < -0.39 is 0 Å². The molecule has 0 atom stereocenters. The van der Waals surface area contributed by atoms with E-state index in [1.165, 1.54) is 0 Å². The summed E-state index contributed by atoms with van der Waals surface area (Å²) in [5.74, 6) is 0. The quantitative estimate of drug-likeness (QED) is 0.896.